The van der Waals surface area contributed by atoms with Crippen molar-refractivity contribution in [2.24, 2.45) is 0 Å². The van der Waals surface area contributed by atoms with Gasteiger partial charge in [-0.25, -0.2) is 8.42 Å². The summed E-state index contributed by atoms with van der Waals surface area (Å²) in [7, 11) is -3.12. The van der Waals surface area contributed by atoms with Gasteiger partial charge in [-0.15, -0.1) is 0 Å². The van der Waals surface area contributed by atoms with E-state index in [0.29, 0.717) is 26.2 Å². The van der Waals surface area contributed by atoms with Gasteiger partial charge in [-0.2, -0.15) is 4.31 Å². The zero-order chi connectivity index (χ0) is 14.8. The molecular formula is C12H25N3O3S. The Labute approximate surface area is 116 Å². The van der Waals surface area contributed by atoms with Crippen molar-refractivity contribution in [1.82, 2.24) is 14.5 Å². The van der Waals surface area contributed by atoms with Crippen LogP contribution in [0.2, 0.25) is 0 Å². The molecule has 1 fully saturated rings. The molecule has 1 aliphatic heterocycles. The van der Waals surface area contributed by atoms with E-state index in [2.05, 4.69) is 5.32 Å². The smallest absolute Gasteiger partial charge is 0.237 e. The van der Waals surface area contributed by atoms with Gasteiger partial charge in [0, 0.05) is 31.7 Å². The first-order valence-corrected chi connectivity index (χ1v) is 8.37. The van der Waals surface area contributed by atoms with Crippen molar-refractivity contribution in [2.75, 3.05) is 32.4 Å². The molecule has 0 bridgehead atoms. The molecule has 1 atom stereocenters. The average molecular weight is 291 g/mol. The van der Waals surface area contributed by atoms with Gasteiger partial charge in [-0.05, 0) is 27.7 Å². The van der Waals surface area contributed by atoms with Crippen LogP contribution in [0.15, 0.2) is 0 Å². The highest BCUT2D eigenvalue weighted by atomic mass is 32.2. The molecule has 1 amide bonds. The van der Waals surface area contributed by atoms with Crippen LogP contribution in [-0.4, -0.2) is 67.5 Å². The minimum absolute atomic E-state index is 0.0136. The maximum Gasteiger partial charge on any atom is 0.237 e. The minimum atomic E-state index is -3.12. The molecule has 0 radical (unpaired) electrons. The Bertz CT molecular complexity index is 420. The third kappa shape index (κ3) is 5.08. The molecule has 1 aliphatic rings. The van der Waals surface area contributed by atoms with Crippen LogP contribution >= 0.6 is 0 Å². The zero-order valence-corrected chi connectivity index (χ0v) is 13.2. The van der Waals surface area contributed by atoms with E-state index in [1.165, 1.54) is 10.6 Å². The third-order valence-corrected chi connectivity index (χ3v) is 4.47. The Hall–Kier alpha value is -0.660. The van der Waals surface area contributed by atoms with Crippen LogP contribution in [0.1, 0.15) is 27.7 Å². The molecule has 0 aromatic carbocycles. The summed E-state index contributed by atoms with van der Waals surface area (Å²) in [5.41, 5.74) is -0.250. The predicted octanol–water partition coefficient (Wildman–Crippen LogP) is -0.133. The van der Waals surface area contributed by atoms with Crippen LogP contribution in [0, 0.1) is 0 Å². The van der Waals surface area contributed by atoms with E-state index in [0.717, 1.165) is 0 Å². The number of nitrogens with one attached hydrogen (secondary N) is 1. The number of hydrogen-bond acceptors (Lipinski definition) is 4. The van der Waals surface area contributed by atoms with E-state index in [1.807, 2.05) is 32.6 Å². The Morgan fingerprint density at radius 3 is 2.00 bits per heavy atom. The molecule has 1 N–H and O–H groups in total. The highest BCUT2D eigenvalue weighted by molar-refractivity contribution is 7.88. The summed E-state index contributed by atoms with van der Waals surface area (Å²) in [5.74, 6) is -0.0136. The molecule has 0 aromatic heterocycles. The Kier molecular flexibility index (Phi) is 4.97. The number of nitrogens with zero attached hydrogens (tertiary/aromatic N) is 2. The molecule has 1 saturated heterocycles. The average Bonchev–Trinajstić information content (AvgIpc) is 2.24. The number of piperazine rings is 1. The van der Waals surface area contributed by atoms with Crippen molar-refractivity contribution in [3.05, 3.63) is 0 Å². The molecule has 0 aliphatic carbocycles. The van der Waals surface area contributed by atoms with E-state index < -0.39 is 10.0 Å². The quantitative estimate of drug-likeness (QED) is 0.786. The topological polar surface area (TPSA) is 69.7 Å². The van der Waals surface area contributed by atoms with Crippen LogP contribution in [0.5, 0.6) is 0 Å². The van der Waals surface area contributed by atoms with Crippen LogP contribution < -0.4 is 5.32 Å². The third-order valence-electron chi connectivity index (χ3n) is 3.17. The van der Waals surface area contributed by atoms with Crippen molar-refractivity contribution < 1.29 is 13.2 Å². The van der Waals surface area contributed by atoms with Gasteiger partial charge in [-0.1, -0.05) is 0 Å². The normalized spacial score (nSPS) is 21.1. The first-order chi connectivity index (χ1) is 8.50. The summed E-state index contributed by atoms with van der Waals surface area (Å²) in [6.45, 7) is 9.77. The fraction of sp³-hybridized carbons (Fsp3) is 0.917. The molecule has 0 aromatic rings. The minimum Gasteiger partial charge on any atom is -0.350 e. The van der Waals surface area contributed by atoms with Gasteiger partial charge >= 0.3 is 0 Å². The largest absolute Gasteiger partial charge is 0.350 e. The zero-order valence-electron chi connectivity index (χ0n) is 12.4. The lowest BCUT2D eigenvalue weighted by molar-refractivity contribution is -0.127. The Balaban J connectivity index is 2.54. The number of hydrogen-bond donors (Lipinski definition) is 1. The first kappa shape index (κ1) is 16.4. The van der Waals surface area contributed by atoms with Gasteiger partial charge in [0.15, 0.2) is 0 Å². The lowest BCUT2D eigenvalue weighted by atomic mass is 10.1. The molecule has 1 unspecified atom stereocenters. The standard InChI is InChI=1S/C12H25N3O3S/c1-10(11(16)13-12(2,3)4)14-6-8-15(9-7-14)19(5,17)18/h10H,6-9H2,1-5H3,(H,13,16). The van der Waals surface area contributed by atoms with Crippen LogP contribution in [0.25, 0.3) is 0 Å². The van der Waals surface area contributed by atoms with Gasteiger partial charge in [0.1, 0.15) is 0 Å². The SMILES string of the molecule is CC(C(=O)NC(C)(C)C)N1CCN(S(C)(=O)=O)CC1. The predicted molar refractivity (Wildman–Crippen MR) is 75.3 cm³/mol. The number of carbonyl (C=O) groups is 1. The summed E-state index contributed by atoms with van der Waals surface area (Å²) < 4.78 is 24.3. The van der Waals surface area contributed by atoms with Gasteiger partial charge in [0.05, 0.1) is 12.3 Å². The van der Waals surface area contributed by atoms with Gasteiger partial charge < -0.3 is 5.32 Å². The summed E-state index contributed by atoms with van der Waals surface area (Å²) in [6, 6.07) is -0.235. The Morgan fingerprint density at radius 2 is 1.63 bits per heavy atom. The van der Waals surface area contributed by atoms with Crippen molar-refractivity contribution in [3.8, 4) is 0 Å². The fourth-order valence-electron chi connectivity index (χ4n) is 2.06. The van der Waals surface area contributed by atoms with Crippen LogP contribution in [0.4, 0.5) is 0 Å². The second-order valence-corrected chi connectivity index (χ2v) is 8.10. The summed E-state index contributed by atoms with van der Waals surface area (Å²) in [6.07, 6.45) is 1.22. The fourth-order valence-corrected chi connectivity index (χ4v) is 2.89. The van der Waals surface area contributed by atoms with Crippen LogP contribution in [-0.2, 0) is 14.8 Å². The molecule has 112 valence electrons. The van der Waals surface area contributed by atoms with E-state index >= 15 is 0 Å². The molecule has 7 heteroatoms. The van der Waals surface area contributed by atoms with E-state index in [4.69, 9.17) is 0 Å². The highest BCUT2D eigenvalue weighted by Crippen LogP contribution is 2.10. The van der Waals surface area contributed by atoms with E-state index in [1.54, 1.807) is 0 Å². The second-order valence-electron chi connectivity index (χ2n) is 6.11. The summed E-state index contributed by atoms with van der Waals surface area (Å²) in [4.78, 5) is 14.1. The monoisotopic (exact) mass is 291 g/mol. The molecule has 1 rings (SSSR count). The molecule has 19 heavy (non-hydrogen) atoms. The molecule has 6 nitrogen and oxygen atoms in total. The van der Waals surface area contributed by atoms with Gasteiger partial charge in [0.2, 0.25) is 15.9 Å². The number of sulfonamides is 1. The Morgan fingerprint density at radius 1 is 1.16 bits per heavy atom. The maximum absolute atomic E-state index is 12.1. The summed E-state index contributed by atoms with van der Waals surface area (Å²) >= 11 is 0. The first-order valence-electron chi connectivity index (χ1n) is 6.52. The van der Waals surface area contributed by atoms with Crippen LogP contribution in [0.3, 0.4) is 0 Å². The number of rotatable bonds is 3. The lowest BCUT2D eigenvalue weighted by Crippen LogP contribution is -2.56. The van der Waals surface area contributed by atoms with Crippen molar-refractivity contribution in [3.63, 3.8) is 0 Å². The van der Waals surface area contributed by atoms with Gasteiger partial charge in [-0.3, -0.25) is 9.69 Å². The lowest BCUT2D eigenvalue weighted by Gasteiger charge is -2.37. The van der Waals surface area contributed by atoms with E-state index in [-0.39, 0.29) is 17.5 Å². The second kappa shape index (κ2) is 5.76. The summed E-state index contributed by atoms with van der Waals surface area (Å²) in [5, 5.41) is 2.95. The van der Waals surface area contributed by atoms with Crippen molar-refractivity contribution in [2.45, 2.75) is 39.3 Å². The highest BCUT2D eigenvalue weighted by Gasteiger charge is 2.29. The van der Waals surface area contributed by atoms with E-state index in [9.17, 15) is 13.2 Å². The maximum atomic E-state index is 12.1. The molecule has 1 heterocycles. The molecule has 0 spiro atoms. The molecular weight excluding hydrogens is 266 g/mol. The van der Waals surface area contributed by atoms with Crippen molar-refractivity contribution in [1.29, 1.82) is 0 Å². The van der Waals surface area contributed by atoms with Gasteiger partial charge in [0.25, 0.3) is 0 Å². The molecule has 0 saturated carbocycles. The number of carbonyl (C=O) groups excluding carboxylic acids is 1. The number of amides is 1. The van der Waals surface area contributed by atoms with Crippen molar-refractivity contribution >= 4 is 15.9 Å².